The van der Waals surface area contributed by atoms with E-state index in [0.29, 0.717) is 5.90 Å². The number of phenols is 1. The standard InChI is InChI=1S/C12H14N2O2/c15-9-3-1-8(2-4-9)12-14-10-7-13-6-5-11(10)16-12/h1-4,10-11,13,15H,5-7H2. The maximum absolute atomic E-state index is 9.22. The van der Waals surface area contributed by atoms with Crippen LogP contribution in [0.15, 0.2) is 29.3 Å². The molecule has 2 N–H and O–H groups in total. The molecular formula is C12H14N2O2. The summed E-state index contributed by atoms with van der Waals surface area (Å²) < 4.78 is 5.82. The summed E-state index contributed by atoms with van der Waals surface area (Å²) >= 11 is 0. The molecule has 0 aliphatic carbocycles. The van der Waals surface area contributed by atoms with Gasteiger partial charge in [-0.1, -0.05) is 0 Å². The first-order valence-corrected chi connectivity index (χ1v) is 5.57. The van der Waals surface area contributed by atoms with Crippen LogP contribution in [0.2, 0.25) is 0 Å². The number of fused-ring (bicyclic) bond motifs is 1. The van der Waals surface area contributed by atoms with Crippen LogP contribution in [0, 0.1) is 0 Å². The van der Waals surface area contributed by atoms with Gasteiger partial charge in [0.25, 0.3) is 0 Å². The molecule has 4 nitrogen and oxygen atoms in total. The van der Waals surface area contributed by atoms with E-state index < -0.39 is 0 Å². The molecule has 1 aromatic rings. The Labute approximate surface area is 94.0 Å². The van der Waals surface area contributed by atoms with Gasteiger partial charge in [0.15, 0.2) is 0 Å². The van der Waals surface area contributed by atoms with E-state index in [9.17, 15) is 5.11 Å². The van der Waals surface area contributed by atoms with E-state index in [1.807, 2.05) is 12.1 Å². The topological polar surface area (TPSA) is 53.9 Å². The van der Waals surface area contributed by atoms with Crippen molar-refractivity contribution in [3.8, 4) is 5.75 Å². The van der Waals surface area contributed by atoms with Crippen LogP contribution in [0.4, 0.5) is 0 Å². The predicted molar refractivity (Wildman–Crippen MR) is 60.8 cm³/mol. The summed E-state index contributed by atoms with van der Waals surface area (Å²) in [5, 5.41) is 12.5. The first kappa shape index (κ1) is 9.66. The van der Waals surface area contributed by atoms with Crippen molar-refractivity contribution in [1.29, 1.82) is 0 Å². The minimum atomic E-state index is 0.227. The smallest absolute Gasteiger partial charge is 0.216 e. The molecule has 1 saturated heterocycles. The number of piperidine rings is 1. The minimum Gasteiger partial charge on any atom is -0.508 e. The zero-order chi connectivity index (χ0) is 11.0. The van der Waals surface area contributed by atoms with E-state index in [0.717, 1.165) is 25.1 Å². The summed E-state index contributed by atoms with van der Waals surface area (Å²) in [5.41, 5.74) is 0.937. The van der Waals surface area contributed by atoms with E-state index >= 15 is 0 Å². The van der Waals surface area contributed by atoms with Gasteiger partial charge in [-0.25, -0.2) is 4.99 Å². The molecule has 2 heterocycles. The summed E-state index contributed by atoms with van der Waals surface area (Å²) in [6.07, 6.45) is 1.24. The van der Waals surface area contributed by atoms with Crippen molar-refractivity contribution < 1.29 is 9.84 Å². The fourth-order valence-electron chi connectivity index (χ4n) is 2.16. The Morgan fingerprint density at radius 3 is 2.88 bits per heavy atom. The van der Waals surface area contributed by atoms with Crippen molar-refractivity contribution in [3.05, 3.63) is 29.8 Å². The fourth-order valence-corrected chi connectivity index (χ4v) is 2.16. The quantitative estimate of drug-likeness (QED) is 0.736. The van der Waals surface area contributed by atoms with Crippen molar-refractivity contribution in [2.24, 2.45) is 4.99 Å². The first-order chi connectivity index (χ1) is 7.83. The van der Waals surface area contributed by atoms with Gasteiger partial charge >= 0.3 is 0 Å². The lowest BCUT2D eigenvalue weighted by Crippen LogP contribution is -2.41. The van der Waals surface area contributed by atoms with Crippen LogP contribution >= 0.6 is 0 Å². The molecule has 4 heteroatoms. The average molecular weight is 218 g/mol. The SMILES string of the molecule is Oc1ccc(C2=NC3CNCCC3O2)cc1. The van der Waals surface area contributed by atoms with Crippen LogP contribution in [0.3, 0.4) is 0 Å². The molecule has 2 unspecified atom stereocenters. The molecule has 2 atom stereocenters. The second-order valence-corrected chi connectivity index (χ2v) is 4.20. The molecule has 84 valence electrons. The molecule has 0 bridgehead atoms. The number of nitrogens with zero attached hydrogens (tertiary/aromatic N) is 1. The molecule has 0 amide bonds. The molecule has 16 heavy (non-hydrogen) atoms. The average Bonchev–Trinajstić information content (AvgIpc) is 2.73. The molecule has 1 aromatic carbocycles. The lowest BCUT2D eigenvalue weighted by molar-refractivity contribution is 0.161. The minimum absolute atomic E-state index is 0.227. The van der Waals surface area contributed by atoms with Crippen molar-refractivity contribution in [2.75, 3.05) is 13.1 Å². The summed E-state index contributed by atoms with van der Waals surface area (Å²) in [7, 11) is 0. The van der Waals surface area contributed by atoms with Gasteiger partial charge in [-0.15, -0.1) is 0 Å². The van der Waals surface area contributed by atoms with E-state index in [2.05, 4.69) is 10.3 Å². The maximum atomic E-state index is 9.22. The summed E-state index contributed by atoms with van der Waals surface area (Å²) in [4.78, 5) is 4.56. The number of hydrogen-bond donors (Lipinski definition) is 2. The third-order valence-corrected chi connectivity index (χ3v) is 3.05. The van der Waals surface area contributed by atoms with Crippen LogP contribution in [-0.2, 0) is 4.74 Å². The monoisotopic (exact) mass is 218 g/mol. The van der Waals surface area contributed by atoms with Gasteiger partial charge in [0.05, 0.1) is 0 Å². The molecular weight excluding hydrogens is 204 g/mol. The van der Waals surface area contributed by atoms with Crippen molar-refractivity contribution >= 4 is 5.90 Å². The Kier molecular flexibility index (Phi) is 2.29. The van der Waals surface area contributed by atoms with Gasteiger partial charge in [-0.2, -0.15) is 0 Å². The summed E-state index contributed by atoms with van der Waals surface area (Å²) in [6, 6.07) is 7.22. The molecule has 2 aliphatic heterocycles. The number of phenolic OH excluding ortho intramolecular Hbond substituents is 1. The second kappa shape index (κ2) is 3.79. The van der Waals surface area contributed by atoms with Crippen LogP contribution in [0.1, 0.15) is 12.0 Å². The van der Waals surface area contributed by atoms with E-state index in [4.69, 9.17) is 4.74 Å². The number of rotatable bonds is 1. The maximum Gasteiger partial charge on any atom is 0.216 e. The zero-order valence-corrected chi connectivity index (χ0v) is 8.89. The lowest BCUT2D eigenvalue weighted by atomic mass is 10.1. The Balaban J connectivity index is 1.83. The third kappa shape index (κ3) is 1.65. The number of aromatic hydroxyl groups is 1. The molecule has 1 fully saturated rings. The van der Waals surface area contributed by atoms with Crippen LogP contribution < -0.4 is 5.32 Å². The van der Waals surface area contributed by atoms with E-state index in [1.54, 1.807) is 12.1 Å². The van der Waals surface area contributed by atoms with E-state index in [1.165, 1.54) is 0 Å². The Morgan fingerprint density at radius 1 is 1.31 bits per heavy atom. The van der Waals surface area contributed by atoms with Crippen LogP contribution in [0.5, 0.6) is 5.75 Å². The Morgan fingerprint density at radius 2 is 2.12 bits per heavy atom. The number of nitrogens with one attached hydrogen (secondary N) is 1. The molecule has 0 spiro atoms. The van der Waals surface area contributed by atoms with Gasteiger partial charge in [-0.05, 0) is 37.2 Å². The van der Waals surface area contributed by atoms with Gasteiger partial charge in [0.2, 0.25) is 5.90 Å². The normalized spacial score (nSPS) is 28.1. The third-order valence-electron chi connectivity index (χ3n) is 3.05. The van der Waals surface area contributed by atoms with E-state index in [-0.39, 0.29) is 17.9 Å². The van der Waals surface area contributed by atoms with Crippen LogP contribution in [-0.4, -0.2) is 36.2 Å². The van der Waals surface area contributed by atoms with Crippen molar-refractivity contribution in [2.45, 2.75) is 18.6 Å². The Bertz CT molecular complexity index is 414. The highest BCUT2D eigenvalue weighted by atomic mass is 16.5. The highest BCUT2D eigenvalue weighted by molar-refractivity contribution is 5.95. The van der Waals surface area contributed by atoms with Crippen LogP contribution in [0.25, 0.3) is 0 Å². The predicted octanol–water partition coefficient (Wildman–Crippen LogP) is 0.899. The molecule has 0 radical (unpaired) electrons. The molecule has 0 aromatic heterocycles. The number of aliphatic imine (C=N–C) groups is 1. The number of benzene rings is 1. The summed E-state index contributed by atoms with van der Waals surface area (Å²) in [6.45, 7) is 1.89. The van der Waals surface area contributed by atoms with Crippen molar-refractivity contribution in [3.63, 3.8) is 0 Å². The first-order valence-electron chi connectivity index (χ1n) is 5.57. The fraction of sp³-hybridized carbons (Fsp3) is 0.417. The Hall–Kier alpha value is -1.55. The highest BCUT2D eigenvalue weighted by Crippen LogP contribution is 2.23. The lowest BCUT2D eigenvalue weighted by Gasteiger charge is -2.23. The van der Waals surface area contributed by atoms with Gasteiger partial charge in [0.1, 0.15) is 17.9 Å². The molecule has 2 aliphatic rings. The van der Waals surface area contributed by atoms with Gasteiger partial charge in [-0.3, -0.25) is 0 Å². The number of ether oxygens (including phenoxy) is 1. The zero-order valence-electron chi connectivity index (χ0n) is 8.89. The summed E-state index contributed by atoms with van der Waals surface area (Å²) in [5.74, 6) is 0.972. The second-order valence-electron chi connectivity index (χ2n) is 4.20. The van der Waals surface area contributed by atoms with Gasteiger partial charge in [0, 0.05) is 12.1 Å². The number of hydrogen-bond acceptors (Lipinski definition) is 4. The van der Waals surface area contributed by atoms with Crippen molar-refractivity contribution in [1.82, 2.24) is 5.32 Å². The molecule has 0 saturated carbocycles. The molecule has 3 rings (SSSR count). The highest BCUT2D eigenvalue weighted by Gasteiger charge is 2.33. The van der Waals surface area contributed by atoms with Gasteiger partial charge < -0.3 is 15.2 Å². The largest absolute Gasteiger partial charge is 0.508 e.